The lowest BCUT2D eigenvalue weighted by Gasteiger charge is -2.13. The minimum atomic E-state index is 0.0393. The number of hydrogen-bond donors (Lipinski definition) is 1. The first kappa shape index (κ1) is 14.4. The molecule has 1 saturated carbocycles. The molecule has 1 unspecified atom stereocenters. The smallest absolute Gasteiger partial charge is 0.229 e. The number of nitrogens with two attached hydrogens (primary N) is 1. The maximum absolute atomic E-state index is 6.21. The number of aromatic nitrogens is 2. The van der Waals surface area contributed by atoms with Gasteiger partial charge in [0, 0.05) is 12.0 Å². The van der Waals surface area contributed by atoms with E-state index in [-0.39, 0.29) is 12.6 Å². The molecule has 0 amide bonds. The molecule has 0 aliphatic heterocycles. The summed E-state index contributed by atoms with van der Waals surface area (Å²) in [6.07, 6.45) is 2.96. The molecule has 1 fully saturated rings. The predicted octanol–water partition coefficient (Wildman–Crippen LogP) is 3.07. The van der Waals surface area contributed by atoms with Crippen LogP contribution in [0.1, 0.15) is 43.0 Å². The summed E-state index contributed by atoms with van der Waals surface area (Å²) in [6.45, 7) is 2.19. The van der Waals surface area contributed by atoms with Gasteiger partial charge in [-0.15, -0.1) is 0 Å². The zero-order valence-corrected chi connectivity index (χ0v) is 12.6. The van der Waals surface area contributed by atoms with Crippen LogP contribution in [-0.4, -0.2) is 16.2 Å². The molecular weight excluding hydrogens is 290 g/mol. The van der Waals surface area contributed by atoms with Crippen molar-refractivity contribution in [1.82, 2.24) is 10.1 Å². The van der Waals surface area contributed by atoms with Gasteiger partial charge in [-0.3, -0.25) is 0 Å². The second kappa shape index (κ2) is 6.03. The topological polar surface area (TPSA) is 74.2 Å². The molecule has 21 heavy (non-hydrogen) atoms. The molecule has 1 atom stereocenters. The number of hydrogen-bond acceptors (Lipinski definition) is 5. The Bertz CT molecular complexity index is 623. The molecule has 0 bridgehead atoms. The Morgan fingerprint density at radius 2 is 2.29 bits per heavy atom. The Labute approximate surface area is 128 Å². The lowest BCUT2D eigenvalue weighted by atomic mass is 10.1. The van der Waals surface area contributed by atoms with Crippen LogP contribution in [0.15, 0.2) is 22.7 Å². The van der Waals surface area contributed by atoms with Gasteiger partial charge in [-0.1, -0.05) is 28.9 Å². The van der Waals surface area contributed by atoms with Crippen LogP contribution in [-0.2, 0) is 13.0 Å². The first-order chi connectivity index (χ1) is 10.1. The third-order valence-corrected chi connectivity index (χ3v) is 3.64. The molecule has 0 saturated heterocycles. The third-order valence-electron chi connectivity index (χ3n) is 3.35. The lowest BCUT2D eigenvalue weighted by Crippen LogP contribution is -2.18. The van der Waals surface area contributed by atoms with Crippen molar-refractivity contribution >= 4 is 11.6 Å². The van der Waals surface area contributed by atoms with Crippen LogP contribution in [0.4, 0.5) is 0 Å². The average molecular weight is 308 g/mol. The van der Waals surface area contributed by atoms with Crippen LogP contribution in [0.3, 0.4) is 0 Å². The summed E-state index contributed by atoms with van der Waals surface area (Å²) in [5, 5.41) is 4.50. The first-order valence-corrected chi connectivity index (χ1v) is 7.49. The van der Waals surface area contributed by atoms with Crippen molar-refractivity contribution in [2.45, 2.75) is 44.8 Å². The molecule has 1 aliphatic rings. The van der Waals surface area contributed by atoms with Crippen LogP contribution >= 0.6 is 11.6 Å². The second-order valence-corrected chi connectivity index (χ2v) is 5.93. The highest BCUT2D eigenvalue weighted by molar-refractivity contribution is 6.32. The van der Waals surface area contributed by atoms with E-state index in [9.17, 15) is 0 Å². The number of rotatable bonds is 6. The quantitative estimate of drug-likeness (QED) is 0.887. The molecule has 0 radical (unpaired) electrons. The minimum absolute atomic E-state index is 0.0393. The van der Waals surface area contributed by atoms with Crippen molar-refractivity contribution < 1.29 is 9.26 Å². The van der Waals surface area contributed by atoms with Crippen molar-refractivity contribution in [3.8, 4) is 5.75 Å². The van der Waals surface area contributed by atoms with Gasteiger partial charge in [-0.05, 0) is 37.8 Å². The summed E-state index contributed by atoms with van der Waals surface area (Å²) in [5.74, 6) is 2.35. The predicted molar refractivity (Wildman–Crippen MR) is 79.4 cm³/mol. The largest absolute Gasteiger partial charge is 0.484 e. The molecule has 2 N–H and O–H groups in total. The number of ether oxygens (including phenoxy) is 1. The summed E-state index contributed by atoms with van der Waals surface area (Å²) >= 11 is 6.21. The Morgan fingerprint density at radius 3 is 3.00 bits per heavy atom. The van der Waals surface area contributed by atoms with Gasteiger partial charge in [0.15, 0.2) is 6.61 Å². The highest BCUT2D eigenvalue weighted by atomic mass is 35.5. The fourth-order valence-corrected chi connectivity index (χ4v) is 2.43. The SMILES string of the molecule is CC(N)Cc1cccc(Cl)c1OCc1noc(C2CC2)n1. The van der Waals surface area contributed by atoms with E-state index in [0.717, 1.165) is 18.4 Å². The second-order valence-electron chi connectivity index (χ2n) is 5.52. The normalized spacial score (nSPS) is 16.0. The maximum Gasteiger partial charge on any atom is 0.229 e. The Kier molecular flexibility index (Phi) is 4.12. The van der Waals surface area contributed by atoms with E-state index in [1.165, 1.54) is 0 Å². The Morgan fingerprint density at radius 1 is 1.48 bits per heavy atom. The van der Waals surface area contributed by atoms with Crippen molar-refractivity contribution in [3.63, 3.8) is 0 Å². The van der Waals surface area contributed by atoms with Crippen molar-refractivity contribution in [1.29, 1.82) is 0 Å². The van der Waals surface area contributed by atoms with Crippen LogP contribution < -0.4 is 10.5 Å². The molecule has 1 aromatic heterocycles. The highest BCUT2D eigenvalue weighted by Crippen LogP contribution is 2.39. The van der Waals surface area contributed by atoms with Gasteiger partial charge in [0.05, 0.1) is 5.02 Å². The molecule has 0 spiro atoms. The van der Waals surface area contributed by atoms with Crippen LogP contribution in [0.2, 0.25) is 5.02 Å². The molecule has 3 rings (SSSR count). The van der Waals surface area contributed by atoms with Crippen molar-refractivity contribution in [2.24, 2.45) is 5.73 Å². The molecule has 2 aromatic rings. The molecule has 112 valence electrons. The maximum atomic E-state index is 6.21. The molecule has 1 aromatic carbocycles. The third kappa shape index (κ3) is 3.54. The zero-order chi connectivity index (χ0) is 14.8. The van der Waals surface area contributed by atoms with E-state index in [0.29, 0.717) is 34.8 Å². The number of benzene rings is 1. The van der Waals surface area contributed by atoms with Crippen molar-refractivity contribution in [3.05, 3.63) is 40.5 Å². The summed E-state index contributed by atoms with van der Waals surface area (Å²) in [7, 11) is 0. The molecule has 1 heterocycles. The van der Waals surface area contributed by atoms with Gasteiger partial charge < -0.3 is 15.0 Å². The van der Waals surface area contributed by atoms with E-state index in [2.05, 4.69) is 10.1 Å². The van der Waals surface area contributed by atoms with Gasteiger partial charge in [0.1, 0.15) is 5.75 Å². The van der Waals surface area contributed by atoms with Crippen LogP contribution in [0.25, 0.3) is 0 Å². The summed E-state index contributed by atoms with van der Waals surface area (Å²) < 4.78 is 11.0. The fourth-order valence-electron chi connectivity index (χ4n) is 2.18. The molecule has 1 aliphatic carbocycles. The Hall–Kier alpha value is -1.59. The highest BCUT2D eigenvalue weighted by Gasteiger charge is 2.29. The lowest BCUT2D eigenvalue weighted by molar-refractivity contribution is 0.282. The van der Waals surface area contributed by atoms with Crippen LogP contribution in [0.5, 0.6) is 5.75 Å². The van der Waals surface area contributed by atoms with E-state index >= 15 is 0 Å². The summed E-state index contributed by atoms with van der Waals surface area (Å²) in [6, 6.07) is 5.70. The van der Waals surface area contributed by atoms with E-state index in [1.54, 1.807) is 6.07 Å². The fraction of sp³-hybridized carbons (Fsp3) is 0.467. The van der Waals surface area contributed by atoms with Gasteiger partial charge in [-0.2, -0.15) is 4.98 Å². The van der Waals surface area contributed by atoms with Gasteiger partial charge >= 0.3 is 0 Å². The standard InChI is InChI=1S/C15H18ClN3O2/c1-9(17)7-11-3-2-4-12(16)14(11)20-8-13-18-15(21-19-13)10-5-6-10/h2-4,9-10H,5-8,17H2,1H3. The monoisotopic (exact) mass is 307 g/mol. The van der Waals surface area contributed by atoms with E-state index in [4.69, 9.17) is 26.6 Å². The van der Waals surface area contributed by atoms with Crippen LogP contribution in [0, 0.1) is 0 Å². The molecule has 5 nitrogen and oxygen atoms in total. The van der Waals surface area contributed by atoms with Gasteiger partial charge in [0.25, 0.3) is 0 Å². The first-order valence-electron chi connectivity index (χ1n) is 7.11. The number of para-hydroxylation sites is 1. The van der Waals surface area contributed by atoms with E-state index in [1.807, 2.05) is 19.1 Å². The average Bonchev–Trinajstić information content (AvgIpc) is 3.17. The van der Waals surface area contributed by atoms with Gasteiger partial charge in [0.2, 0.25) is 11.7 Å². The number of nitrogens with zero attached hydrogens (tertiary/aromatic N) is 2. The summed E-state index contributed by atoms with van der Waals surface area (Å²) in [4.78, 5) is 4.34. The van der Waals surface area contributed by atoms with Gasteiger partial charge in [-0.25, -0.2) is 0 Å². The molecular formula is C15H18ClN3O2. The van der Waals surface area contributed by atoms with Crippen molar-refractivity contribution in [2.75, 3.05) is 0 Å². The number of halogens is 1. The summed E-state index contributed by atoms with van der Waals surface area (Å²) in [5.41, 5.74) is 6.85. The Balaban J connectivity index is 1.71. The molecule has 6 heteroatoms. The minimum Gasteiger partial charge on any atom is -0.484 e. The zero-order valence-electron chi connectivity index (χ0n) is 11.9. The van der Waals surface area contributed by atoms with E-state index < -0.39 is 0 Å².